The molecular formula is C14H15NO4S. The van der Waals surface area contributed by atoms with Gasteiger partial charge in [0.2, 0.25) is 0 Å². The Morgan fingerprint density at radius 2 is 1.70 bits per heavy atom. The van der Waals surface area contributed by atoms with Crippen LogP contribution in [0.4, 0.5) is 0 Å². The van der Waals surface area contributed by atoms with Crippen molar-refractivity contribution >= 4 is 29.5 Å². The average molecular weight is 293 g/mol. The predicted octanol–water partition coefficient (Wildman–Crippen LogP) is 2.08. The third-order valence-electron chi connectivity index (χ3n) is 3.11. The maximum absolute atomic E-state index is 12.1. The van der Waals surface area contributed by atoms with Gasteiger partial charge in [0.25, 0.3) is 11.8 Å². The minimum Gasteiger partial charge on any atom is -0.480 e. The molecule has 2 rings (SSSR count). The Hall–Kier alpha value is -1.82. The third kappa shape index (κ3) is 2.56. The summed E-state index contributed by atoms with van der Waals surface area (Å²) in [6.45, 7) is 3.60. The first-order valence-electron chi connectivity index (χ1n) is 6.23. The fourth-order valence-corrected chi connectivity index (χ4v) is 3.13. The molecule has 1 aromatic rings. The zero-order valence-electron chi connectivity index (χ0n) is 11.2. The van der Waals surface area contributed by atoms with Crippen molar-refractivity contribution in [1.29, 1.82) is 0 Å². The van der Waals surface area contributed by atoms with Crippen molar-refractivity contribution in [3.8, 4) is 0 Å². The average Bonchev–Trinajstić information content (AvgIpc) is 2.63. The standard InChI is InChI=1S/C14H15NO4S/c1-8(2)11(14(18)19)20-7-15-12(16)9-5-3-4-6-10(9)13(15)17/h3-6,8,11H,7H2,1-2H3,(H,18,19). The molecule has 0 spiro atoms. The molecule has 0 radical (unpaired) electrons. The minimum absolute atomic E-state index is 0.0570. The predicted molar refractivity (Wildman–Crippen MR) is 75.7 cm³/mol. The Morgan fingerprint density at radius 3 is 2.10 bits per heavy atom. The third-order valence-corrected chi connectivity index (χ3v) is 4.62. The first-order chi connectivity index (χ1) is 9.43. The van der Waals surface area contributed by atoms with Gasteiger partial charge in [0, 0.05) is 0 Å². The molecule has 0 aliphatic carbocycles. The van der Waals surface area contributed by atoms with Crippen LogP contribution in [0.3, 0.4) is 0 Å². The van der Waals surface area contributed by atoms with Crippen LogP contribution in [0.1, 0.15) is 34.6 Å². The van der Waals surface area contributed by atoms with E-state index in [2.05, 4.69) is 0 Å². The first kappa shape index (κ1) is 14.6. The lowest BCUT2D eigenvalue weighted by molar-refractivity contribution is -0.137. The number of benzene rings is 1. The summed E-state index contributed by atoms with van der Waals surface area (Å²) >= 11 is 1.10. The number of hydrogen-bond donors (Lipinski definition) is 1. The van der Waals surface area contributed by atoms with Crippen molar-refractivity contribution in [3.63, 3.8) is 0 Å². The number of nitrogens with zero attached hydrogens (tertiary/aromatic N) is 1. The lowest BCUT2D eigenvalue weighted by atomic mass is 10.1. The molecule has 1 atom stereocenters. The van der Waals surface area contributed by atoms with Gasteiger partial charge in [0.15, 0.2) is 0 Å². The molecule has 5 nitrogen and oxygen atoms in total. The maximum atomic E-state index is 12.1. The van der Waals surface area contributed by atoms with Crippen LogP contribution in [-0.4, -0.2) is 38.9 Å². The Balaban J connectivity index is 2.11. The number of fused-ring (bicyclic) bond motifs is 1. The van der Waals surface area contributed by atoms with Gasteiger partial charge in [-0.2, -0.15) is 0 Å². The number of imide groups is 1. The summed E-state index contributed by atoms with van der Waals surface area (Å²) in [6, 6.07) is 6.62. The highest BCUT2D eigenvalue weighted by atomic mass is 32.2. The zero-order chi connectivity index (χ0) is 14.9. The summed E-state index contributed by atoms with van der Waals surface area (Å²) in [4.78, 5) is 36.4. The molecule has 1 aromatic carbocycles. The first-order valence-corrected chi connectivity index (χ1v) is 7.28. The van der Waals surface area contributed by atoms with Crippen LogP contribution in [-0.2, 0) is 4.79 Å². The second kappa shape index (κ2) is 5.66. The van der Waals surface area contributed by atoms with E-state index in [1.165, 1.54) is 0 Å². The largest absolute Gasteiger partial charge is 0.480 e. The molecule has 1 aliphatic heterocycles. The van der Waals surface area contributed by atoms with Gasteiger partial charge in [-0.25, -0.2) is 0 Å². The maximum Gasteiger partial charge on any atom is 0.316 e. The van der Waals surface area contributed by atoms with Gasteiger partial charge in [0.05, 0.1) is 17.0 Å². The molecule has 0 saturated heterocycles. The molecule has 106 valence electrons. The van der Waals surface area contributed by atoms with Gasteiger partial charge in [-0.05, 0) is 18.1 Å². The van der Waals surface area contributed by atoms with Gasteiger partial charge < -0.3 is 5.11 Å². The number of amides is 2. The Morgan fingerprint density at radius 1 is 1.20 bits per heavy atom. The molecule has 0 saturated carbocycles. The lowest BCUT2D eigenvalue weighted by Gasteiger charge is -2.19. The highest BCUT2D eigenvalue weighted by molar-refractivity contribution is 8.00. The van der Waals surface area contributed by atoms with E-state index < -0.39 is 11.2 Å². The molecule has 20 heavy (non-hydrogen) atoms. The highest BCUT2D eigenvalue weighted by Gasteiger charge is 2.36. The molecule has 0 aromatic heterocycles. The molecule has 6 heteroatoms. The number of carboxylic acid groups (broad SMARTS) is 1. The Bertz CT molecular complexity index is 535. The normalized spacial score (nSPS) is 15.7. The summed E-state index contributed by atoms with van der Waals surface area (Å²) in [5.74, 6) is -1.66. The summed E-state index contributed by atoms with van der Waals surface area (Å²) in [7, 11) is 0. The van der Waals surface area contributed by atoms with E-state index in [9.17, 15) is 14.4 Å². The summed E-state index contributed by atoms with van der Waals surface area (Å²) in [6.07, 6.45) is 0. The van der Waals surface area contributed by atoms with Crippen molar-refractivity contribution < 1.29 is 19.5 Å². The quantitative estimate of drug-likeness (QED) is 0.841. The number of aliphatic carboxylic acids is 1. The molecule has 0 fully saturated rings. The van der Waals surface area contributed by atoms with Crippen LogP contribution in [0.5, 0.6) is 0 Å². The van der Waals surface area contributed by atoms with Gasteiger partial charge in [-0.3, -0.25) is 19.3 Å². The Kier molecular flexibility index (Phi) is 4.13. The van der Waals surface area contributed by atoms with E-state index in [0.717, 1.165) is 16.7 Å². The Labute approximate surface area is 121 Å². The van der Waals surface area contributed by atoms with Gasteiger partial charge >= 0.3 is 5.97 Å². The molecule has 1 aliphatic rings. The van der Waals surface area contributed by atoms with Gasteiger partial charge in [0.1, 0.15) is 5.25 Å². The number of carboxylic acids is 1. The van der Waals surface area contributed by atoms with Crippen LogP contribution in [0.2, 0.25) is 0 Å². The van der Waals surface area contributed by atoms with Crippen LogP contribution < -0.4 is 0 Å². The second-order valence-electron chi connectivity index (χ2n) is 4.88. The smallest absolute Gasteiger partial charge is 0.316 e. The second-order valence-corrected chi connectivity index (χ2v) is 5.98. The van der Waals surface area contributed by atoms with Crippen molar-refractivity contribution in [1.82, 2.24) is 4.90 Å². The topological polar surface area (TPSA) is 74.7 Å². The highest BCUT2D eigenvalue weighted by Crippen LogP contribution is 2.27. The van der Waals surface area contributed by atoms with Crippen LogP contribution in [0.25, 0.3) is 0 Å². The molecular weight excluding hydrogens is 278 g/mol. The molecule has 2 amide bonds. The van der Waals surface area contributed by atoms with Crippen molar-refractivity contribution in [2.24, 2.45) is 5.92 Å². The van der Waals surface area contributed by atoms with Crippen molar-refractivity contribution in [2.45, 2.75) is 19.1 Å². The SMILES string of the molecule is CC(C)C(SCN1C(=O)c2ccccc2C1=O)C(=O)O. The molecule has 1 heterocycles. The number of rotatable bonds is 5. The fraction of sp³-hybridized carbons (Fsp3) is 0.357. The van der Waals surface area contributed by atoms with Crippen LogP contribution in [0.15, 0.2) is 24.3 Å². The van der Waals surface area contributed by atoms with Crippen LogP contribution >= 0.6 is 11.8 Å². The summed E-state index contributed by atoms with van der Waals surface area (Å²) in [5, 5.41) is 8.47. The van der Waals surface area contributed by atoms with E-state index in [1.807, 2.05) is 0 Å². The fourth-order valence-electron chi connectivity index (χ4n) is 2.06. The van der Waals surface area contributed by atoms with E-state index >= 15 is 0 Å². The number of carbonyl (C=O) groups excluding carboxylic acids is 2. The summed E-state index contributed by atoms with van der Waals surface area (Å²) in [5.41, 5.74) is 0.768. The minimum atomic E-state index is -0.929. The van der Waals surface area contributed by atoms with E-state index in [0.29, 0.717) is 11.1 Å². The van der Waals surface area contributed by atoms with Gasteiger partial charge in [-0.1, -0.05) is 26.0 Å². The van der Waals surface area contributed by atoms with Crippen molar-refractivity contribution in [3.05, 3.63) is 35.4 Å². The van der Waals surface area contributed by atoms with E-state index in [-0.39, 0.29) is 23.6 Å². The molecule has 1 N–H and O–H groups in total. The van der Waals surface area contributed by atoms with E-state index in [4.69, 9.17) is 5.11 Å². The zero-order valence-corrected chi connectivity index (χ0v) is 12.0. The lowest BCUT2D eigenvalue weighted by Crippen LogP contribution is -2.32. The number of carbonyl (C=O) groups is 3. The molecule has 0 bridgehead atoms. The van der Waals surface area contributed by atoms with Gasteiger partial charge in [-0.15, -0.1) is 11.8 Å². The monoisotopic (exact) mass is 293 g/mol. The van der Waals surface area contributed by atoms with Crippen molar-refractivity contribution in [2.75, 3.05) is 5.88 Å². The number of hydrogen-bond acceptors (Lipinski definition) is 4. The molecule has 1 unspecified atom stereocenters. The van der Waals surface area contributed by atoms with E-state index in [1.54, 1.807) is 38.1 Å². The van der Waals surface area contributed by atoms with Crippen LogP contribution in [0, 0.1) is 5.92 Å². The summed E-state index contributed by atoms with van der Waals surface area (Å²) < 4.78 is 0. The number of thioether (sulfide) groups is 1.